The van der Waals surface area contributed by atoms with E-state index < -0.39 is 0 Å². The number of methoxy groups -OCH3 is 1. The summed E-state index contributed by atoms with van der Waals surface area (Å²) >= 11 is 5.84. The number of nitrogens with one attached hydrogen (secondary N) is 1. The van der Waals surface area contributed by atoms with E-state index in [1.807, 2.05) is 12.1 Å². The predicted octanol–water partition coefficient (Wildman–Crippen LogP) is 2.64. The van der Waals surface area contributed by atoms with Crippen LogP contribution < -0.4 is 4.74 Å². The maximum Gasteiger partial charge on any atom is 0.153 e. The molecule has 1 aromatic carbocycles. The Hall–Kier alpha value is -1.48. The Balaban J connectivity index is 2.77. The number of aromatic amines is 1. The summed E-state index contributed by atoms with van der Waals surface area (Å²) < 4.78 is 5.06. The SMILES string of the molecule is COc1ccc2[nH]c(Cl)c(C=O)c2c1. The molecule has 0 amide bonds. The second-order valence-corrected chi connectivity index (χ2v) is 3.26. The van der Waals surface area contributed by atoms with Gasteiger partial charge < -0.3 is 9.72 Å². The number of carbonyl (C=O) groups is 1. The fourth-order valence-electron chi connectivity index (χ4n) is 1.40. The average molecular weight is 210 g/mol. The highest BCUT2D eigenvalue weighted by molar-refractivity contribution is 6.34. The van der Waals surface area contributed by atoms with Crippen LogP contribution in [0, 0.1) is 0 Å². The highest BCUT2D eigenvalue weighted by Gasteiger charge is 2.09. The number of fused-ring (bicyclic) bond motifs is 1. The van der Waals surface area contributed by atoms with Gasteiger partial charge in [-0.3, -0.25) is 4.79 Å². The molecule has 3 nitrogen and oxygen atoms in total. The first-order valence-electron chi connectivity index (χ1n) is 4.06. The fourth-order valence-corrected chi connectivity index (χ4v) is 1.65. The summed E-state index contributed by atoms with van der Waals surface area (Å²) in [6.45, 7) is 0. The summed E-state index contributed by atoms with van der Waals surface area (Å²) in [6.07, 6.45) is 0.737. The molecule has 0 bridgehead atoms. The van der Waals surface area contributed by atoms with Crippen LogP contribution in [0.2, 0.25) is 5.15 Å². The second-order valence-electron chi connectivity index (χ2n) is 2.88. The smallest absolute Gasteiger partial charge is 0.153 e. The molecule has 1 heterocycles. The maximum atomic E-state index is 10.8. The quantitative estimate of drug-likeness (QED) is 0.773. The number of hydrogen-bond donors (Lipinski definition) is 1. The third kappa shape index (κ3) is 1.26. The molecule has 0 aliphatic heterocycles. The maximum absolute atomic E-state index is 10.8. The first-order valence-corrected chi connectivity index (χ1v) is 4.44. The van der Waals surface area contributed by atoms with Crippen LogP contribution in [0.3, 0.4) is 0 Å². The Morgan fingerprint density at radius 1 is 1.50 bits per heavy atom. The van der Waals surface area contributed by atoms with Crippen molar-refractivity contribution in [3.63, 3.8) is 0 Å². The molecule has 0 aliphatic carbocycles. The highest BCUT2D eigenvalue weighted by Crippen LogP contribution is 2.27. The molecular formula is C10H8ClNO2. The van der Waals surface area contributed by atoms with Crippen LogP contribution in [-0.4, -0.2) is 18.4 Å². The molecule has 4 heteroatoms. The van der Waals surface area contributed by atoms with Gasteiger partial charge in [0.05, 0.1) is 12.7 Å². The first-order chi connectivity index (χ1) is 6.76. The third-order valence-electron chi connectivity index (χ3n) is 2.12. The van der Waals surface area contributed by atoms with E-state index in [2.05, 4.69) is 4.98 Å². The van der Waals surface area contributed by atoms with Crippen LogP contribution in [0.25, 0.3) is 10.9 Å². The molecule has 0 aliphatic rings. The Morgan fingerprint density at radius 3 is 2.93 bits per heavy atom. The van der Waals surface area contributed by atoms with E-state index in [0.717, 1.165) is 17.2 Å². The third-order valence-corrected chi connectivity index (χ3v) is 2.41. The molecule has 0 saturated carbocycles. The van der Waals surface area contributed by atoms with Crippen LogP contribution in [-0.2, 0) is 0 Å². The molecule has 0 atom stereocenters. The predicted molar refractivity (Wildman–Crippen MR) is 55.2 cm³/mol. The van der Waals surface area contributed by atoms with E-state index in [1.54, 1.807) is 13.2 Å². The van der Waals surface area contributed by atoms with Gasteiger partial charge in [-0.15, -0.1) is 0 Å². The van der Waals surface area contributed by atoms with Gasteiger partial charge in [-0.1, -0.05) is 11.6 Å². The average Bonchev–Trinajstić information content (AvgIpc) is 2.52. The molecule has 72 valence electrons. The molecular weight excluding hydrogens is 202 g/mol. The molecule has 14 heavy (non-hydrogen) atoms. The molecule has 1 aromatic heterocycles. The number of carbonyl (C=O) groups excluding carboxylic acids is 1. The molecule has 0 fully saturated rings. The zero-order valence-electron chi connectivity index (χ0n) is 7.50. The molecule has 0 unspecified atom stereocenters. The number of aldehydes is 1. The number of aromatic nitrogens is 1. The highest BCUT2D eigenvalue weighted by atomic mass is 35.5. The minimum Gasteiger partial charge on any atom is -0.497 e. The van der Waals surface area contributed by atoms with E-state index in [-0.39, 0.29) is 0 Å². The van der Waals surface area contributed by atoms with Crippen molar-refractivity contribution in [2.75, 3.05) is 7.11 Å². The molecule has 1 N–H and O–H groups in total. The number of benzene rings is 1. The number of rotatable bonds is 2. The minimum absolute atomic E-state index is 0.364. The van der Waals surface area contributed by atoms with Gasteiger partial charge in [-0.05, 0) is 18.2 Å². The minimum atomic E-state index is 0.364. The monoisotopic (exact) mass is 209 g/mol. The molecule has 0 spiro atoms. The lowest BCUT2D eigenvalue weighted by Crippen LogP contribution is -1.82. The first kappa shape index (κ1) is 9.09. The van der Waals surface area contributed by atoms with E-state index in [0.29, 0.717) is 16.5 Å². The number of ether oxygens (including phenoxy) is 1. The largest absolute Gasteiger partial charge is 0.497 e. The van der Waals surface area contributed by atoms with Gasteiger partial charge in [0.15, 0.2) is 6.29 Å². The van der Waals surface area contributed by atoms with Crippen molar-refractivity contribution >= 4 is 28.8 Å². The van der Waals surface area contributed by atoms with Gasteiger partial charge in [-0.25, -0.2) is 0 Å². The van der Waals surface area contributed by atoms with E-state index >= 15 is 0 Å². The summed E-state index contributed by atoms with van der Waals surface area (Å²) in [4.78, 5) is 13.7. The van der Waals surface area contributed by atoms with Crippen molar-refractivity contribution in [3.05, 3.63) is 28.9 Å². The molecule has 2 rings (SSSR count). The van der Waals surface area contributed by atoms with Crippen LogP contribution >= 0.6 is 11.6 Å². The van der Waals surface area contributed by atoms with Crippen LogP contribution in [0.5, 0.6) is 5.75 Å². The van der Waals surface area contributed by atoms with Gasteiger partial charge in [0.2, 0.25) is 0 Å². The lowest BCUT2D eigenvalue weighted by Gasteiger charge is -1.98. The summed E-state index contributed by atoms with van der Waals surface area (Å²) in [5.74, 6) is 0.705. The van der Waals surface area contributed by atoms with Crippen LogP contribution in [0.4, 0.5) is 0 Å². The van der Waals surface area contributed by atoms with Crippen molar-refractivity contribution in [2.24, 2.45) is 0 Å². The number of halogens is 1. The second kappa shape index (κ2) is 3.35. The number of hydrogen-bond acceptors (Lipinski definition) is 2. The van der Waals surface area contributed by atoms with E-state index in [9.17, 15) is 4.79 Å². The van der Waals surface area contributed by atoms with Crippen LogP contribution in [0.1, 0.15) is 10.4 Å². The van der Waals surface area contributed by atoms with Crippen molar-refractivity contribution in [3.8, 4) is 5.75 Å². The zero-order chi connectivity index (χ0) is 10.1. The van der Waals surface area contributed by atoms with E-state index in [4.69, 9.17) is 16.3 Å². The van der Waals surface area contributed by atoms with Gasteiger partial charge in [0, 0.05) is 10.9 Å². The molecule has 2 aromatic rings. The molecule has 0 radical (unpaired) electrons. The van der Waals surface area contributed by atoms with Crippen molar-refractivity contribution < 1.29 is 9.53 Å². The summed E-state index contributed by atoms with van der Waals surface area (Å²) in [6, 6.07) is 5.41. The normalized spacial score (nSPS) is 10.4. The van der Waals surface area contributed by atoms with Crippen molar-refractivity contribution in [1.82, 2.24) is 4.98 Å². The van der Waals surface area contributed by atoms with Gasteiger partial charge in [0.1, 0.15) is 10.9 Å². The Bertz CT molecular complexity index is 490. The summed E-state index contributed by atoms with van der Waals surface area (Å²) in [7, 11) is 1.58. The van der Waals surface area contributed by atoms with Gasteiger partial charge in [-0.2, -0.15) is 0 Å². The fraction of sp³-hybridized carbons (Fsp3) is 0.100. The van der Waals surface area contributed by atoms with Gasteiger partial charge >= 0.3 is 0 Å². The van der Waals surface area contributed by atoms with Gasteiger partial charge in [0.25, 0.3) is 0 Å². The topological polar surface area (TPSA) is 42.1 Å². The lowest BCUT2D eigenvalue weighted by atomic mass is 10.2. The summed E-state index contributed by atoms with van der Waals surface area (Å²) in [5, 5.41) is 1.15. The summed E-state index contributed by atoms with van der Waals surface area (Å²) in [5.41, 5.74) is 1.30. The zero-order valence-corrected chi connectivity index (χ0v) is 8.26. The standard InChI is InChI=1S/C10H8ClNO2/c1-14-6-2-3-9-7(4-6)8(5-13)10(11)12-9/h2-5,12H,1H3. The van der Waals surface area contributed by atoms with Crippen molar-refractivity contribution in [2.45, 2.75) is 0 Å². The Morgan fingerprint density at radius 2 is 2.29 bits per heavy atom. The Kier molecular flexibility index (Phi) is 2.17. The Labute approximate surface area is 85.6 Å². The van der Waals surface area contributed by atoms with E-state index in [1.165, 1.54) is 0 Å². The molecule has 0 saturated heterocycles. The van der Waals surface area contributed by atoms with Crippen LogP contribution in [0.15, 0.2) is 18.2 Å². The number of H-pyrrole nitrogens is 1. The van der Waals surface area contributed by atoms with Crippen molar-refractivity contribution in [1.29, 1.82) is 0 Å². The lowest BCUT2D eigenvalue weighted by molar-refractivity contribution is 0.112.